The number of rotatable bonds is 3. The Bertz CT molecular complexity index is 303. The first-order chi connectivity index (χ1) is 6.24. The van der Waals surface area contributed by atoms with Crippen molar-refractivity contribution < 1.29 is 4.79 Å². The summed E-state index contributed by atoms with van der Waals surface area (Å²) >= 11 is 1.24. The van der Waals surface area contributed by atoms with Crippen LogP contribution in [0.2, 0.25) is 0 Å². The highest BCUT2D eigenvalue weighted by Gasteiger charge is 2.06. The Kier molecular flexibility index (Phi) is 3.77. The molecule has 0 unspecified atom stereocenters. The maximum absolute atomic E-state index is 11.4. The minimum absolute atomic E-state index is 0.0636. The topological polar surface area (TPSA) is 17.1 Å². The number of carbonyl (C=O) groups is 1. The Balaban J connectivity index is 2.60. The van der Waals surface area contributed by atoms with Gasteiger partial charge in [-0.1, -0.05) is 31.7 Å². The van der Waals surface area contributed by atoms with Crippen LogP contribution in [0.5, 0.6) is 0 Å². The predicted molar refractivity (Wildman–Crippen MR) is 56.7 cm³/mol. The van der Waals surface area contributed by atoms with Crippen LogP contribution < -0.4 is 0 Å². The van der Waals surface area contributed by atoms with E-state index in [0.717, 1.165) is 11.3 Å². The van der Waals surface area contributed by atoms with Crippen molar-refractivity contribution in [2.24, 2.45) is 0 Å². The van der Waals surface area contributed by atoms with Gasteiger partial charge in [0, 0.05) is 4.90 Å². The normalized spacial score (nSPS) is 9.62. The molecule has 2 heteroatoms. The van der Waals surface area contributed by atoms with E-state index >= 15 is 0 Å². The van der Waals surface area contributed by atoms with E-state index in [2.05, 4.69) is 6.58 Å². The Morgan fingerprint density at radius 1 is 1.38 bits per heavy atom. The monoisotopic (exact) mass is 192 g/mol. The van der Waals surface area contributed by atoms with Crippen molar-refractivity contribution in [3.63, 3.8) is 0 Å². The first kappa shape index (κ1) is 10.1. The van der Waals surface area contributed by atoms with Gasteiger partial charge in [-0.15, -0.1) is 0 Å². The first-order valence-electron chi connectivity index (χ1n) is 4.19. The molecule has 0 aliphatic carbocycles. The van der Waals surface area contributed by atoms with Gasteiger partial charge in [-0.3, -0.25) is 4.79 Å². The van der Waals surface area contributed by atoms with E-state index < -0.39 is 0 Å². The van der Waals surface area contributed by atoms with Gasteiger partial charge in [0.15, 0.2) is 0 Å². The van der Waals surface area contributed by atoms with Gasteiger partial charge in [0.25, 0.3) is 0 Å². The fourth-order valence-corrected chi connectivity index (χ4v) is 1.61. The molecule has 0 bridgehead atoms. The minimum Gasteiger partial charge on any atom is -0.282 e. The largest absolute Gasteiger partial charge is 0.282 e. The number of carbonyl (C=O) groups excluding carboxylic acids is 1. The molecule has 0 aliphatic rings. The number of hydrogen-bond donors (Lipinski definition) is 0. The van der Waals surface area contributed by atoms with Crippen molar-refractivity contribution in [3.8, 4) is 0 Å². The molecule has 1 rings (SSSR count). The second kappa shape index (κ2) is 4.87. The van der Waals surface area contributed by atoms with Crippen molar-refractivity contribution in [2.45, 2.75) is 18.2 Å². The Labute approximate surface area is 82.9 Å². The van der Waals surface area contributed by atoms with Gasteiger partial charge in [-0.2, -0.15) is 0 Å². The predicted octanol–water partition coefficient (Wildman–Crippen LogP) is 3.27. The molecule has 0 spiro atoms. The van der Waals surface area contributed by atoms with E-state index in [0.29, 0.717) is 5.57 Å². The minimum atomic E-state index is 0.0636. The summed E-state index contributed by atoms with van der Waals surface area (Å²) in [5.41, 5.74) is 0.675. The summed E-state index contributed by atoms with van der Waals surface area (Å²) in [6, 6.07) is 9.62. The van der Waals surface area contributed by atoms with Crippen molar-refractivity contribution in [1.29, 1.82) is 0 Å². The van der Waals surface area contributed by atoms with Crippen molar-refractivity contribution in [3.05, 3.63) is 42.5 Å². The Morgan fingerprint density at radius 3 is 2.54 bits per heavy atom. The molecule has 0 saturated carbocycles. The standard InChI is InChI=1S/C11H12OS/c1-3-9(2)11(12)13-10-7-5-4-6-8-10/h4-8H,2-3H2,1H3. The number of thioether (sulfide) groups is 1. The molecule has 0 fully saturated rings. The van der Waals surface area contributed by atoms with Crippen LogP contribution in [-0.4, -0.2) is 5.12 Å². The van der Waals surface area contributed by atoms with Gasteiger partial charge in [0.2, 0.25) is 5.12 Å². The molecule has 1 aromatic rings. The van der Waals surface area contributed by atoms with Gasteiger partial charge >= 0.3 is 0 Å². The average Bonchev–Trinajstić information content (AvgIpc) is 2.18. The first-order valence-corrected chi connectivity index (χ1v) is 5.00. The zero-order valence-electron chi connectivity index (χ0n) is 7.62. The maximum atomic E-state index is 11.4. The van der Waals surface area contributed by atoms with E-state index in [1.54, 1.807) is 0 Å². The lowest BCUT2D eigenvalue weighted by molar-refractivity contribution is -0.107. The molecule has 0 N–H and O–H groups in total. The maximum Gasteiger partial charge on any atom is 0.219 e. The van der Waals surface area contributed by atoms with Gasteiger partial charge in [-0.25, -0.2) is 0 Å². The van der Waals surface area contributed by atoms with Crippen LogP contribution in [-0.2, 0) is 4.79 Å². The van der Waals surface area contributed by atoms with Crippen molar-refractivity contribution >= 4 is 16.9 Å². The molecule has 0 radical (unpaired) electrons. The third kappa shape index (κ3) is 3.07. The zero-order valence-corrected chi connectivity index (χ0v) is 8.43. The summed E-state index contributed by atoms with van der Waals surface area (Å²) in [6.45, 7) is 5.64. The van der Waals surface area contributed by atoms with Gasteiger partial charge < -0.3 is 0 Å². The fourth-order valence-electron chi connectivity index (χ4n) is 0.812. The number of hydrogen-bond acceptors (Lipinski definition) is 2. The van der Waals surface area contributed by atoms with Crippen molar-refractivity contribution in [2.75, 3.05) is 0 Å². The summed E-state index contributed by atoms with van der Waals surface area (Å²) in [6.07, 6.45) is 0.721. The van der Waals surface area contributed by atoms with Gasteiger partial charge in [0.1, 0.15) is 0 Å². The summed E-state index contributed by atoms with van der Waals surface area (Å²) in [4.78, 5) is 12.4. The van der Waals surface area contributed by atoms with Gasteiger partial charge in [-0.05, 0) is 35.9 Å². The molecule has 0 atom stereocenters. The fraction of sp³-hybridized carbons (Fsp3) is 0.182. The second-order valence-corrected chi connectivity index (χ2v) is 3.71. The summed E-state index contributed by atoms with van der Waals surface area (Å²) in [7, 11) is 0. The quantitative estimate of drug-likeness (QED) is 0.540. The van der Waals surface area contributed by atoms with Gasteiger partial charge in [0.05, 0.1) is 0 Å². The molecule has 1 nitrogen and oxygen atoms in total. The zero-order chi connectivity index (χ0) is 9.68. The third-order valence-electron chi connectivity index (χ3n) is 1.67. The Morgan fingerprint density at radius 2 is 2.00 bits per heavy atom. The summed E-state index contributed by atoms with van der Waals surface area (Å²) < 4.78 is 0. The molecule has 0 heterocycles. The highest BCUT2D eigenvalue weighted by Crippen LogP contribution is 2.21. The highest BCUT2D eigenvalue weighted by molar-refractivity contribution is 8.14. The molecule has 1 aromatic carbocycles. The SMILES string of the molecule is C=C(CC)C(=O)Sc1ccccc1. The third-order valence-corrected chi connectivity index (χ3v) is 2.65. The van der Waals surface area contributed by atoms with E-state index in [-0.39, 0.29) is 5.12 Å². The van der Waals surface area contributed by atoms with Crippen LogP contribution >= 0.6 is 11.8 Å². The van der Waals surface area contributed by atoms with Crippen LogP contribution in [0.25, 0.3) is 0 Å². The summed E-state index contributed by atoms with van der Waals surface area (Å²) in [5, 5.41) is 0.0636. The van der Waals surface area contributed by atoms with Crippen LogP contribution in [0.15, 0.2) is 47.4 Å². The molecule has 0 aromatic heterocycles. The van der Waals surface area contributed by atoms with E-state index in [9.17, 15) is 4.79 Å². The van der Waals surface area contributed by atoms with Crippen LogP contribution in [0, 0.1) is 0 Å². The van der Waals surface area contributed by atoms with Crippen molar-refractivity contribution in [1.82, 2.24) is 0 Å². The highest BCUT2D eigenvalue weighted by atomic mass is 32.2. The molecule has 0 aliphatic heterocycles. The lowest BCUT2D eigenvalue weighted by Gasteiger charge is -2.00. The number of benzene rings is 1. The Hall–Kier alpha value is -1.02. The lowest BCUT2D eigenvalue weighted by atomic mass is 10.3. The average molecular weight is 192 g/mol. The summed E-state index contributed by atoms with van der Waals surface area (Å²) in [5.74, 6) is 0. The van der Waals surface area contributed by atoms with Crippen LogP contribution in [0.3, 0.4) is 0 Å². The van der Waals surface area contributed by atoms with Crippen LogP contribution in [0.1, 0.15) is 13.3 Å². The van der Waals surface area contributed by atoms with E-state index in [1.165, 1.54) is 11.8 Å². The smallest absolute Gasteiger partial charge is 0.219 e. The lowest BCUT2D eigenvalue weighted by Crippen LogP contribution is -1.93. The molecular weight excluding hydrogens is 180 g/mol. The van der Waals surface area contributed by atoms with E-state index in [4.69, 9.17) is 0 Å². The second-order valence-electron chi connectivity index (χ2n) is 2.66. The van der Waals surface area contributed by atoms with E-state index in [1.807, 2.05) is 37.3 Å². The molecular formula is C11H12OS. The molecule has 0 amide bonds. The molecule has 13 heavy (non-hydrogen) atoms. The molecule has 68 valence electrons. The molecule has 0 saturated heterocycles. The van der Waals surface area contributed by atoms with Crippen LogP contribution in [0.4, 0.5) is 0 Å².